The molecular weight excluding hydrogens is 248 g/mol. The first-order chi connectivity index (χ1) is 6.60. The molecule has 1 aromatic carbocycles. The number of halogens is 1. The van der Waals surface area contributed by atoms with Crippen LogP contribution in [0.5, 0.6) is 11.5 Å². The number of nitrogens with two attached hydrogens (primary N) is 2. The van der Waals surface area contributed by atoms with Crippen LogP contribution in [0.1, 0.15) is 11.6 Å². The highest BCUT2D eigenvalue weighted by atomic mass is 79.9. The smallest absolute Gasteiger partial charge is 0.172 e. The summed E-state index contributed by atoms with van der Waals surface area (Å²) in [5.41, 5.74) is 12.0. The molecule has 1 atom stereocenters. The molecule has 78 valence electrons. The van der Waals surface area contributed by atoms with Crippen LogP contribution in [0.4, 0.5) is 0 Å². The Labute approximate surface area is 91.0 Å². The monoisotopic (exact) mass is 260 g/mol. The van der Waals surface area contributed by atoms with E-state index in [1.54, 1.807) is 12.1 Å². The average molecular weight is 261 g/mol. The van der Waals surface area contributed by atoms with E-state index in [9.17, 15) is 5.11 Å². The molecule has 0 amide bonds. The fourth-order valence-corrected chi connectivity index (χ4v) is 1.56. The first-order valence-corrected chi connectivity index (χ1v) is 4.91. The summed E-state index contributed by atoms with van der Waals surface area (Å²) >= 11 is 3.21. The highest BCUT2D eigenvalue weighted by molar-refractivity contribution is 9.10. The predicted molar refractivity (Wildman–Crippen MR) is 58.3 cm³/mol. The third kappa shape index (κ3) is 2.17. The molecule has 0 aromatic heterocycles. The van der Waals surface area contributed by atoms with Gasteiger partial charge in [-0.1, -0.05) is 0 Å². The molecule has 1 aromatic rings. The molecule has 14 heavy (non-hydrogen) atoms. The van der Waals surface area contributed by atoms with Gasteiger partial charge in [0.1, 0.15) is 0 Å². The number of phenolic OH excluding ortho intramolecular Hbond substituents is 1. The van der Waals surface area contributed by atoms with Crippen molar-refractivity contribution >= 4 is 15.9 Å². The summed E-state index contributed by atoms with van der Waals surface area (Å²) in [7, 11) is 1.49. The van der Waals surface area contributed by atoms with Gasteiger partial charge in [-0.25, -0.2) is 0 Å². The molecule has 5 N–H and O–H groups in total. The van der Waals surface area contributed by atoms with Crippen LogP contribution in [0.3, 0.4) is 0 Å². The van der Waals surface area contributed by atoms with Gasteiger partial charge in [-0.2, -0.15) is 0 Å². The van der Waals surface area contributed by atoms with Gasteiger partial charge in [-0.15, -0.1) is 0 Å². The van der Waals surface area contributed by atoms with E-state index in [2.05, 4.69) is 15.9 Å². The molecule has 0 spiro atoms. The number of hydrogen-bond acceptors (Lipinski definition) is 4. The van der Waals surface area contributed by atoms with Gasteiger partial charge in [0, 0.05) is 12.6 Å². The second-order valence-electron chi connectivity index (χ2n) is 2.90. The Hall–Kier alpha value is -0.780. The van der Waals surface area contributed by atoms with Crippen LogP contribution in [-0.2, 0) is 0 Å². The Balaban J connectivity index is 3.16. The summed E-state index contributed by atoms with van der Waals surface area (Å²) in [5.74, 6) is 0.457. The van der Waals surface area contributed by atoms with Crippen LogP contribution in [0.2, 0.25) is 0 Å². The minimum absolute atomic E-state index is 0.0699. The highest BCUT2D eigenvalue weighted by Crippen LogP contribution is 2.36. The van der Waals surface area contributed by atoms with Crippen LogP contribution < -0.4 is 16.2 Å². The van der Waals surface area contributed by atoms with Crippen LogP contribution in [0, 0.1) is 0 Å². The van der Waals surface area contributed by atoms with Gasteiger partial charge in [-0.3, -0.25) is 0 Å². The Bertz CT molecular complexity index is 331. The molecule has 0 saturated carbocycles. The van der Waals surface area contributed by atoms with Crippen LogP contribution >= 0.6 is 15.9 Å². The molecular formula is C9H13BrN2O2. The number of benzene rings is 1. The van der Waals surface area contributed by atoms with Gasteiger partial charge in [-0.05, 0) is 33.6 Å². The highest BCUT2D eigenvalue weighted by Gasteiger charge is 2.11. The zero-order valence-electron chi connectivity index (χ0n) is 7.83. The van der Waals surface area contributed by atoms with Crippen molar-refractivity contribution in [2.75, 3.05) is 13.7 Å². The molecule has 0 aliphatic rings. The Morgan fingerprint density at radius 3 is 2.71 bits per heavy atom. The normalized spacial score (nSPS) is 12.6. The Kier molecular flexibility index (Phi) is 3.74. The van der Waals surface area contributed by atoms with Gasteiger partial charge in [0.15, 0.2) is 11.5 Å². The molecule has 0 aliphatic heterocycles. The molecule has 0 fully saturated rings. The lowest BCUT2D eigenvalue weighted by atomic mass is 10.1. The van der Waals surface area contributed by atoms with E-state index in [4.69, 9.17) is 16.2 Å². The van der Waals surface area contributed by atoms with E-state index < -0.39 is 0 Å². The fraction of sp³-hybridized carbons (Fsp3) is 0.333. The maximum atomic E-state index is 9.53. The van der Waals surface area contributed by atoms with E-state index >= 15 is 0 Å². The lowest BCUT2D eigenvalue weighted by Crippen LogP contribution is -2.20. The van der Waals surface area contributed by atoms with Gasteiger partial charge in [0.25, 0.3) is 0 Å². The van der Waals surface area contributed by atoms with Crippen molar-refractivity contribution in [1.29, 1.82) is 0 Å². The summed E-state index contributed by atoms with van der Waals surface area (Å²) in [6.45, 7) is 0.348. The van der Waals surface area contributed by atoms with E-state index in [0.717, 1.165) is 5.56 Å². The van der Waals surface area contributed by atoms with Crippen LogP contribution in [-0.4, -0.2) is 18.8 Å². The maximum Gasteiger partial charge on any atom is 0.172 e. The van der Waals surface area contributed by atoms with E-state index in [-0.39, 0.29) is 11.8 Å². The van der Waals surface area contributed by atoms with Crippen molar-refractivity contribution in [1.82, 2.24) is 0 Å². The van der Waals surface area contributed by atoms with Gasteiger partial charge >= 0.3 is 0 Å². The summed E-state index contributed by atoms with van der Waals surface area (Å²) in [6, 6.07) is 3.16. The van der Waals surface area contributed by atoms with Gasteiger partial charge in [0.05, 0.1) is 11.6 Å². The van der Waals surface area contributed by atoms with Crippen LogP contribution in [0.25, 0.3) is 0 Å². The molecule has 5 heteroatoms. The van der Waals surface area contributed by atoms with Crippen LogP contribution in [0.15, 0.2) is 16.6 Å². The first kappa shape index (κ1) is 11.3. The number of rotatable bonds is 3. The SMILES string of the molecule is COc1cc([C@H](N)CN)cc(Br)c1O. The Morgan fingerprint density at radius 2 is 2.21 bits per heavy atom. The van der Waals surface area contributed by atoms with Crippen molar-refractivity contribution in [2.45, 2.75) is 6.04 Å². The topological polar surface area (TPSA) is 81.5 Å². The second-order valence-corrected chi connectivity index (χ2v) is 3.75. The van der Waals surface area contributed by atoms with E-state index in [1.165, 1.54) is 7.11 Å². The van der Waals surface area contributed by atoms with Gasteiger partial charge in [0.2, 0.25) is 0 Å². The second kappa shape index (κ2) is 4.63. The predicted octanol–water partition coefficient (Wildman–Crippen LogP) is 1.12. The molecule has 0 radical (unpaired) electrons. The number of ether oxygens (including phenoxy) is 1. The molecule has 0 aliphatic carbocycles. The molecule has 4 nitrogen and oxygen atoms in total. The first-order valence-electron chi connectivity index (χ1n) is 4.12. The molecule has 0 unspecified atom stereocenters. The lowest BCUT2D eigenvalue weighted by molar-refractivity contribution is 0.371. The molecule has 0 saturated heterocycles. The summed E-state index contributed by atoms with van der Waals surface area (Å²) in [6.07, 6.45) is 0. The number of methoxy groups -OCH3 is 1. The summed E-state index contributed by atoms with van der Waals surface area (Å²) in [5, 5.41) is 9.53. The number of hydrogen-bond donors (Lipinski definition) is 3. The summed E-state index contributed by atoms with van der Waals surface area (Å²) in [4.78, 5) is 0. The van der Waals surface area contributed by atoms with Crippen molar-refractivity contribution < 1.29 is 9.84 Å². The molecule has 0 bridgehead atoms. The van der Waals surface area contributed by atoms with E-state index in [0.29, 0.717) is 16.8 Å². The lowest BCUT2D eigenvalue weighted by Gasteiger charge is -2.12. The minimum Gasteiger partial charge on any atom is -0.503 e. The minimum atomic E-state index is -0.249. The van der Waals surface area contributed by atoms with Gasteiger partial charge < -0.3 is 21.3 Å². The Morgan fingerprint density at radius 1 is 1.57 bits per heavy atom. The van der Waals surface area contributed by atoms with Crippen molar-refractivity contribution in [3.8, 4) is 11.5 Å². The van der Waals surface area contributed by atoms with Crippen molar-refractivity contribution in [2.24, 2.45) is 11.5 Å². The van der Waals surface area contributed by atoms with Crippen molar-refractivity contribution in [3.05, 3.63) is 22.2 Å². The maximum absolute atomic E-state index is 9.53. The zero-order chi connectivity index (χ0) is 10.7. The average Bonchev–Trinajstić information content (AvgIpc) is 2.20. The van der Waals surface area contributed by atoms with Crippen molar-refractivity contribution in [3.63, 3.8) is 0 Å². The third-order valence-electron chi connectivity index (χ3n) is 1.95. The fourth-order valence-electron chi connectivity index (χ4n) is 1.10. The van der Waals surface area contributed by atoms with E-state index in [1.807, 2.05) is 0 Å². The molecule has 1 rings (SSSR count). The standard InChI is InChI=1S/C9H13BrN2O2/c1-14-8-3-5(7(12)4-11)2-6(10)9(8)13/h2-3,7,13H,4,11-12H2,1H3/t7-/m1/s1. The number of aromatic hydroxyl groups is 1. The quantitative estimate of drug-likeness (QED) is 0.761. The zero-order valence-corrected chi connectivity index (χ0v) is 9.41. The molecule has 0 heterocycles. The third-order valence-corrected chi connectivity index (χ3v) is 2.56. The number of phenols is 1. The largest absolute Gasteiger partial charge is 0.503 e. The summed E-state index contributed by atoms with van der Waals surface area (Å²) < 4.78 is 5.54.